The van der Waals surface area contributed by atoms with E-state index >= 15 is 0 Å². The molecule has 0 saturated carbocycles. The van der Waals surface area contributed by atoms with Crippen LogP contribution in [-0.4, -0.2) is 41.4 Å². The maximum Gasteiger partial charge on any atom is 0.250 e. The van der Waals surface area contributed by atoms with E-state index in [1.165, 1.54) is 6.42 Å². The highest BCUT2D eigenvalue weighted by atomic mass is 35.5. The molecule has 1 saturated heterocycles. The number of nitrogens with zero attached hydrogens (tertiary/aromatic N) is 5. The van der Waals surface area contributed by atoms with Crippen LogP contribution in [0, 0.1) is 0 Å². The normalized spacial score (nSPS) is 13.3. The van der Waals surface area contributed by atoms with Crippen molar-refractivity contribution in [3.05, 3.63) is 88.9 Å². The van der Waals surface area contributed by atoms with E-state index in [4.69, 9.17) is 21.1 Å². The number of rotatable bonds is 10. The number of benzene rings is 3. The van der Waals surface area contributed by atoms with Crippen molar-refractivity contribution >= 4 is 41.3 Å². The van der Waals surface area contributed by atoms with Crippen molar-refractivity contribution in [3.63, 3.8) is 0 Å². The zero-order valence-electron chi connectivity index (χ0n) is 21.7. The van der Waals surface area contributed by atoms with Gasteiger partial charge in [-0.3, -0.25) is 0 Å². The highest BCUT2D eigenvalue weighted by molar-refractivity contribution is 6.30. The lowest BCUT2D eigenvalue weighted by atomic mass is 10.1. The van der Waals surface area contributed by atoms with E-state index in [0.717, 1.165) is 42.7 Å². The Hall–Kier alpha value is -4.37. The summed E-state index contributed by atoms with van der Waals surface area (Å²) in [7, 11) is 1.61. The van der Waals surface area contributed by atoms with E-state index in [9.17, 15) is 0 Å². The molecule has 0 atom stereocenters. The van der Waals surface area contributed by atoms with E-state index in [-0.39, 0.29) is 0 Å². The number of nitrogens with one attached hydrogen (secondary N) is 2. The number of hydrazone groups is 1. The molecule has 0 aliphatic carbocycles. The lowest BCUT2D eigenvalue weighted by Crippen LogP contribution is -2.31. The first-order valence-corrected chi connectivity index (χ1v) is 13.2. The fourth-order valence-corrected chi connectivity index (χ4v) is 4.28. The maximum atomic E-state index is 6.02. The minimum absolute atomic E-state index is 0.355. The molecule has 1 fully saturated rings. The summed E-state index contributed by atoms with van der Waals surface area (Å²) in [5, 5.41) is 8.34. The summed E-state index contributed by atoms with van der Waals surface area (Å²) < 4.78 is 11.5. The van der Waals surface area contributed by atoms with Gasteiger partial charge in [-0.2, -0.15) is 20.1 Å². The molecule has 5 rings (SSSR count). The van der Waals surface area contributed by atoms with Crippen molar-refractivity contribution in [1.82, 2.24) is 15.0 Å². The number of piperidine rings is 1. The van der Waals surface area contributed by atoms with Gasteiger partial charge in [0, 0.05) is 23.8 Å². The molecule has 2 N–H and O–H groups in total. The largest absolute Gasteiger partial charge is 0.493 e. The number of hydrogen-bond donors (Lipinski definition) is 2. The lowest BCUT2D eigenvalue weighted by molar-refractivity contribution is 0.284. The smallest absolute Gasteiger partial charge is 0.250 e. The van der Waals surface area contributed by atoms with E-state index in [0.29, 0.717) is 41.0 Å². The van der Waals surface area contributed by atoms with Gasteiger partial charge in [0.1, 0.15) is 6.61 Å². The van der Waals surface area contributed by atoms with E-state index in [1.54, 1.807) is 13.3 Å². The Bertz CT molecular complexity index is 1390. The first-order valence-electron chi connectivity index (χ1n) is 12.8. The molecule has 1 aliphatic heterocycles. The topological polar surface area (TPSA) is 96.8 Å². The number of ether oxygens (including phenoxy) is 2. The molecule has 4 aromatic rings. The molecule has 0 bridgehead atoms. The van der Waals surface area contributed by atoms with Crippen LogP contribution < -0.4 is 25.1 Å². The van der Waals surface area contributed by atoms with Gasteiger partial charge in [-0.15, -0.1) is 0 Å². The molecule has 0 spiro atoms. The standard InChI is InChI=1S/C29H30ClN7O2/c1-38-25-15-12-22(18-26(25)39-20-21-10-13-23(30)14-11-21)19-31-36-28-33-27(32-24-8-4-2-5-9-24)34-29(35-28)37-16-6-3-7-17-37/h2,4-5,8-15,18-19H,3,6-7,16-17,20H2,1H3,(H2,32,33,34,35,36)/b31-19+. The van der Waals surface area contributed by atoms with Crippen molar-refractivity contribution in [3.8, 4) is 11.5 Å². The first-order chi connectivity index (χ1) is 19.2. The Balaban J connectivity index is 1.31. The molecule has 200 valence electrons. The van der Waals surface area contributed by atoms with Crippen LogP contribution in [0.5, 0.6) is 11.5 Å². The Morgan fingerprint density at radius 2 is 1.67 bits per heavy atom. The highest BCUT2D eigenvalue weighted by Gasteiger charge is 2.16. The summed E-state index contributed by atoms with van der Waals surface area (Å²) in [6, 6.07) is 23.0. The predicted molar refractivity (Wildman–Crippen MR) is 156 cm³/mol. The van der Waals surface area contributed by atoms with Crippen LogP contribution >= 0.6 is 11.6 Å². The third kappa shape index (κ3) is 7.36. The fraction of sp³-hybridized carbons (Fsp3) is 0.241. The van der Waals surface area contributed by atoms with Gasteiger partial charge in [0.15, 0.2) is 11.5 Å². The summed E-state index contributed by atoms with van der Waals surface area (Å²) in [6.07, 6.45) is 5.14. The second kappa shape index (κ2) is 12.9. The zero-order valence-corrected chi connectivity index (χ0v) is 22.4. The molecule has 39 heavy (non-hydrogen) atoms. The molecule has 1 aromatic heterocycles. The summed E-state index contributed by atoms with van der Waals surface area (Å²) >= 11 is 5.98. The second-order valence-corrected chi connectivity index (χ2v) is 9.45. The van der Waals surface area contributed by atoms with Gasteiger partial charge in [-0.05, 0) is 72.9 Å². The van der Waals surface area contributed by atoms with Crippen LogP contribution in [-0.2, 0) is 6.61 Å². The van der Waals surface area contributed by atoms with Gasteiger partial charge < -0.3 is 19.7 Å². The number of anilines is 4. The van der Waals surface area contributed by atoms with Crippen LogP contribution in [0.3, 0.4) is 0 Å². The number of aromatic nitrogens is 3. The van der Waals surface area contributed by atoms with E-state index < -0.39 is 0 Å². The van der Waals surface area contributed by atoms with Gasteiger partial charge in [0.25, 0.3) is 0 Å². The molecule has 3 aromatic carbocycles. The average Bonchev–Trinajstić information content (AvgIpc) is 2.98. The van der Waals surface area contributed by atoms with Crippen LogP contribution in [0.25, 0.3) is 0 Å². The zero-order chi connectivity index (χ0) is 26.9. The Morgan fingerprint density at radius 1 is 0.897 bits per heavy atom. The van der Waals surface area contributed by atoms with Crippen molar-refractivity contribution in [2.45, 2.75) is 25.9 Å². The molecule has 0 radical (unpaired) electrons. The number of methoxy groups -OCH3 is 1. The minimum Gasteiger partial charge on any atom is -0.493 e. The van der Waals surface area contributed by atoms with Crippen LogP contribution in [0.2, 0.25) is 5.02 Å². The predicted octanol–water partition coefficient (Wildman–Crippen LogP) is 6.29. The maximum absolute atomic E-state index is 6.02. The quantitative estimate of drug-likeness (QED) is 0.178. The molecule has 0 amide bonds. The first kappa shape index (κ1) is 26.2. The Morgan fingerprint density at radius 3 is 2.44 bits per heavy atom. The summed E-state index contributed by atoms with van der Waals surface area (Å²) in [6.45, 7) is 2.22. The van der Waals surface area contributed by atoms with Gasteiger partial charge in [0.2, 0.25) is 17.8 Å². The summed E-state index contributed by atoms with van der Waals surface area (Å²) in [5.41, 5.74) is 5.68. The average molecular weight is 544 g/mol. The third-order valence-corrected chi connectivity index (χ3v) is 6.42. The molecular weight excluding hydrogens is 514 g/mol. The molecule has 10 heteroatoms. The SMILES string of the molecule is COc1ccc(/C=N/Nc2nc(Nc3ccccc3)nc(N3CCCCC3)n2)cc1OCc1ccc(Cl)cc1. The summed E-state index contributed by atoms with van der Waals surface area (Å²) in [4.78, 5) is 16.0. The van der Waals surface area contributed by atoms with E-state index in [2.05, 4.69) is 35.7 Å². The monoisotopic (exact) mass is 543 g/mol. The van der Waals surface area contributed by atoms with Crippen molar-refractivity contribution in [2.24, 2.45) is 5.10 Å². The molecule has 9 nitrogen and oxygen atoms in total. The molecule has 0 unspecified atom stereocenters. The fourth-order valence-electron chi connectivity index (χ4n) is 4.15. The molecule has 2 heterocycles. The number of halogens is 1. The van der Waals surface area contributed by atoms with Crippen LogP contribution in [0.4, 0.5) is 23.5 Å². The third-order valence-electron chi connectivity index (χ3n) is 6.17. The van der Waals surface area contributed by atoms with Crippen molar-refractivity contribution < 1.29 is 9.47 Å². The Kier molecular flexibility index (Phi) is 8.70. The highest BCUT2D eigenvalue weighted by Crippen LogP contribution is 2.29. The van der Waals surface area contributed by atoms with Gasteiger partial charge in [0.05, 0.1) is 13.3 Å². The van der Waals surface area contributed by atoms with Crippen molar-refractivity contribution in [2.75, 3.05) is 35.8 Å². The summed E-state index contributed by atoms with van der Waals surface area (Å²) in [5.74, 6) is 2.68. The van der Waals surface area contributed by atoms with Gasteiger partial charge in [-0.1, -0.05) is 41.9 Å². The molecular formula is C29H30ClN7O2. The van der Waals surface area contributed by atoms with Crippen molar-refractivity contribution in [1.29, 1.82) is 0 Å². The van der Waals surface area contributed by atoms with Crippen LogP contribution in [0.15, 0.2) is 77.9 Å². The number of para-hydroxylation sites is 1. The second-order valence-electron chi connectivity index (χ2n) is 9.02. The van der Waals surface area contributed by atoms with Gasteiger partial charge in [-0.25, -0.2) is 5.43 Å². The number of hydrogen-bond acceptors (Lipinski definition) is 9. The lowest BCUT2D eigenvalue weighted by Gasteiger charge is -2.26. The van der Waals surface area contributed by atoms with Crippen LogP contribution in [0.1, 0.15) is 30.4 Å². The minimum atomic E-state index is 0.355. The van der Waals surface area contributed by atoms with Gasteiger partial charge >= 0.3 is 0 Å². The van der Waals surface area contributed by atoms with E-state index in [1.807, 2.05) is 72.8 Å². The molecule has 1 aliphatic rings. The Labute approximate surface area is 232 Å².